The highest BCUT2D eigenvalue weighted by Gasteiger charge is 2.08. The molecule has 0 aliphatic rings. The zero-order chi connectivity index (χ0) is 17.9. The van der Waals surface area contributed by atoms with Crippen LogP contribution in [-0.2, 0) is 13.1 Å². The second-order valence-corrected chi connectivity index (χ2v) is 6.12. The molecular formula is C19H14ClN5O. The molecule has 1 aromatic carbocycles. The van der Waals surface area contributed by atoms with Crippen molar-refractivity contribution in [2.75, 3.05) is 0 Å². The van der Waals surface area contributed by atoms with Gasteiger partial charge in [0, 0.05) is 18.0 Å². The number of rotatable bonds is 5. The Morgan fingerprint density at radius 3 is 2.38 bits per heavy atom. The summed E-state index contributed by atoms with van der Waals surface area (Å²) in [6.45, 7) is 1.37. The molecule has 0 saturated carbocycles. The van der Waals surface area contributed by atoms with Crippen LogP contribution >= 0.6 is 11.6 Å². The number of furan rings is 1. The maximum absolute atomic E-state index is 8.96. The van der Waals surface area contributed by atoms with Gasteiger partial charge in [-0.15, -0.1) is 0 Å². The minimum Gasteiger partial charge on any atom is -0.463 e. The van der Waals surface area contributed by atoms with Crippen molar-refractivity contribution in [1.82, 2.24) is 19.6 Å². The average Bonchev–Trinajstić information content (AvgIpc) is 3.40. The molecule has 4 rings (SSSR count). The molecule has 0 fully saturated rings. The van der Waals surface area contributed by atoms with Crippen LogP contribution in [0.1, 0.15) is 5.56 Å². The van der Waals surface area contributed by atoms with Gasteiger partial charge in [0.25, 0.3) is 0 Å². The van der Waals surface area contributed by atoms with E-state index in [9.17, 15) is 0 Å². The van der Waals surface area contributed by atoms with Crippen molar-refractivity contribution >= 4 is 11.6 Å². The molecular weight excluding hydrogens is 350 g/mol. The first kappa shape index (κ1) is 16.2. The summed E-state index contributed by atoms with van der Waals surface area (Å²) < 4.78 is 9.07. The Hall–Kier alpha value is -3.30. The van der Waals surface area contributed by atoms with Gasteiger partial charge in [-0.2, -0.15) is 15.5 Å². The van der Waals surface area contributed by atoms with Gasteiger partial charge in [0.1, 0.15) is 11.8 Å². The minimum atomic E-state index is 0.432. The third-order valence-corrected chi connectivity index (χ3v) is 4.31. The van der Waals surface area contributed by atoms with E-state index in [1.807, 2.05) is 52.1 Å². The van der Waals surface area contributed by atoms with E-state index in [4.69, 9.17) is 21.3 Å². The van der Waals surface area contributed by atoms with Gasteiger partial charge >= 0.3 is 0 Å². The van der Waals surface area contributed by atoms with Gasteiger partial charge in [-0.1, -0.05) is 17.7 Å². The quantitative estimate of drug-likeness (QED) is 0.531. The monoisotopic (exact) mass is 363 g/mol. The predicted octanol–water partition coefficient (Wildman–Crippen LogP) is 4.23. The number of hydrogen-bond acceptors (Lipinski definition) is 4. The molecule has 6 nitrogen and oxygen atoms in total. The smallest absolute Gasteiger partial charge is 0.154 e. The van der Waals surface area contributed by atoms with Gasteiger partial charge in [-0.3, -0.25) is 9.36 Å². The van der Waals surface area contributed by atoms with Crippen molar-refractivity contribution in [1.29, 1.82) is 5.26 Å². The van der Waals surface area contributed by atoms with Crippen LogP contribution in [0, 0.1) is 11.3 Å². The lowest BCUT2D eigenvalue weighted by Gasteiger charge is -2.03. The van der Waals surface area contributed by atoms with Crippen LogP contribution in [0.25, 0.3) is 22.7 Å². The molecule has 0 amide bonds. The third-order valence-electron chi connectivity index (χ3n) is 4.00. The van der Waals surface area contributed by atoms with Crippen LogP contribution in [0.3, 0.4) is 0 Å². The van der Waals surface area contributed by atoms with Gasteiger partial charge in [-0.05, 0) is 36.4 Å². The Balaban J connectivity index is 1.44. The number of halogens is 1. The Morgan fingerprint density at radius 1 is 1.00 bits per heavy atom. The van der Waals surface area contributed by atoms with Crippen molar-refractivity contribution < 1.29 is 4.42 Å². The molecule has 0 N–H and O–H groups in total. The lowest BCUT2D eigenvalue weighted by molar-refractivity contribution is 0.499. The van der Waals surface area contributed by atoms with Gasteiger partial charge < -0.3 is 4.42 Å². The van der Waals surface area contributed by atoms with Gasteiger partial charge in [0.2, 0.25) is 0 Å². The van der Waals surface area contributed by atoms with Gasteiger partial charge in [-0.25, -0.2) is 0 Å². The Kier molecular flexibility index (Phi) is 4.30. The highest BCUT2D eigenvalue weighted by molar-refractivity contribution is 6.32. The third kappa shape index (κ3) is 3.25. The molecule has 0 aliphatic heterocycles. The molecule has 4 aromatic rings. The average molecular weight is 364 g/mol. The van der Waals surface area contributed by atoms with E-state index < -0.39 is 0 Å². The molecule has 0 saturated heterocycles. The summed E-state index contributed by atoms with van der Waals surface area (Å²) in [4.78, 5) is 0. The fourth-order valence-electron chi connectivity index (χ4n) is 2.65. The molecule has 0 aliphatic carbocycles. The first-order chi connectivity index (χ1) is 12.7. The van der Waals surface area contributed by atoms with Crippen LogP contribution in [0.15, 0.2) is 65.5 Å². The van der Waals surface area contributed by atoms with E-state index in [-0.39, 0.29) is 0 Å². The lowest BCUT2D eigenvalue weighted by atomic mass is 10.1. The number of aromatic nitrogens is 4. The van der Waals surface area contributed by atoms with Crippen molar-refractivity contribution in [3.8, 4) is 28.8 Å². The zero-order valence-corrected chi connectivity index (χ0v) is 14.5. The highest BCUT2D eigenvalue weighted by atomic mass is 35.5. The first-order valence-corrected chi connectivity index (χ1v) is 8.41. The lowest BCUT2D eigenvalue weighted by Crippen LogP contribution is -2.08. The molecule has 0 unspecified atom stereocenters. The Bertz CT molecular complexity index is 1070. The van der Waals surface area contributed by atoms with Crippen molar-refractivity contribution in [3.05, 3.63) is 71.7 Å². The molecule has 26 heavy (non-hydrogen) atoms. The van der Waals surface area contributed by atoms with Gasteiger partial charge in [0.15, 0.2) is 5.76 Å². The van der Waals surface area contributed by atoms with E-state index in [1.54, 1.807) is 18.4 Å². The molecule has 3 aromatic heterocycles. The zero-order valence-electron chi connectivity index (χ0n) is 13.7. The summed E-state index contributed by atoms with van der Waals surface area (Å²) in [7, 11) is 0. The number of benzene rings is 1. The van der Waals surface area contributed by atoms with Crippen LogP contribution < -0.4 is 0 Å². The summed E-state index contributed by atoms with van der Waals surface area (Å²) in [5, 5.41) is 18.4. The number of hydrogen-bond donors (Lipinski definition) is 0. The van der Waals surface area contributed by atoms with E-state index >= 15 is 0 Å². The number of nitriles is 1. The van der Waals surface area contributed by atoms with Crippen molar-refractivity contribution in [2.45, 2.75) is 13.1 Å². The Morgan fingerprint density at radius 2 is 1.73 bits per heavy atom. The summed E-state index contributed by atoms with van der Waals surface area (Å²) in [6, 6.07) is 14.9. The fourth-order valence-corrected chi connectivity index (χ4v) is 2.87. The summed E-state index contributed by atoms with van der Waals surface area (Å²) in [5.41, 5.74) is 2.96. The largest absolute Gasteiger partial charge is 0.463 e. The number of aryl methyl sites for hydroxylation is 2. The van der Waals surface area contributed by atoms with E-state index in [2.05, 4.69) is 16.3 Å². The second-order valence-electron chi connectivity index (χ2n) is 5.71. The fraction of sp³-hybridized carbons (Fsp3) is 0.105. The normalized spacial score (nSPS) is 10.8. The van der Waals surface area contributed by atoms with Crippen LogP contribution in [0.5, 0.6) is 0 Å². The Labute approximate surface area is 154 Å². The van der Waals surface area contributed by atoms with E-state index in [0.29, 0.717) is 23.7 Å². The van der Waals surface area contributed by atoms with Crippen molar-refractivity contribution in [2.24, 2.45) is 0 Å². The minimum absolute atomic E-state index is 0.432. The molecule has 0 spiro atoms. The summed E-state index contributed by atoms with van der Waals surface area (Å²) >= 11 is 6.10. The molecule has 3 heterocycles. The first-order valence-electron chi connectivity index (χ1n) is 8.04. The highest BCUT2D eigenvalue weighted by Crippen LogP contribution is 2.24. The number of nitrogens with zero attached hydrogens (tertiary/aromatic N) is 5. The summed E-state index contributed by atoms with van der Waals surface area (Å²) in [5.74, 6) is 0.753. The predicted molar refractivity (Wildman–Crippen MR) is 97.3 cm³/mol. The van der Waals surface area contributed by atoms with Crippen molar-refractivity contribution in [3.63, 3.8) is 0 Å². The topological polar surface area (TPSA) is 72.6 Å². The maximum atomic E-state index is 8.96. The van der Waals surface area contributed by atoms with Crippen LogP contribution in [0.4, 0.5) is 0 Å². The molecule has 0 radical (unpaired) electrons. The SMILES string of the molecule is N#Cc1ccc(-c2ccn(CCn3ccc(-c4ccco4)n3)n2)cc1Cl. The molecule has 7 heteroatoms. The standard InChI is InChI=1S/C19H14ClN5O/c20-16-12-14(3-4-15(16)13-21)17-5-7-24(22-17)9-10-25-8-6-18(23-25)19-2-1-11-26-19/h1-8,11-12H,9-10H2. The molecule has 0 bridgehead atoms. The van der Waals surface area contributed by atoms with E-state index in [0.717, 1.165) is 22.7 Å². The second kappa shape index (κ2) is 6.90. The van der Waals surface area contributed by atoms with Crippen LogP contribution in [0.2, 0.25) is 5.02 Å². The van der Waals surface area contributed by atoms with Gasteiger partial charge in [0.05, 0.1) is 35.6 Å². The molecule has 0 atom stereocenters. The van der Waals surface area contributed by atoms with E-state index in [1.165, 1.54) is 0 Å². The van der Waals surface area contributed by atoms with Crippen LogP contribution in [-0.4, -0.2) is 19.6 Å². The molecule has 128 valence electrons. The maximum Gasteiger partial charge on any atom is 0.154 e. The summed E-state index contributed by atoms with van der Waals surface area (Å²) in [6.07, 6.45) is 5.47.